The Kier molecular flexibility index (Phi) is 2.36. The lowest BCUT2D eigenvalue weighted by atomic mass is 10.1. The Bertz CT molecular complexity index is 404. The highest BCUT2D eigenvalue weighted by Crippen LogP contribution is 2.36. The highest BCUT2D eigenvalue weighted by molar-refractivity contribution is 6.04. The monoisotopic (exact) mass is 206 g/mol. The molecule has 4 heteroatoms. The largest absolute Gasteiger partial charge is 0.497 e. The fraction of sp³-hybridized carbons (Fsp3) is 0.364. The van der Waals surface area contributed by atoms with Gasteiger partial charge in [0.15, 0.2) is 0 Å². The zero-order valence-electron chi connectivity index (χ0n) is 8.86. The summed E-state index contributed by atoms with van der Waals surface area (Å²) >= 11 is 0. The fourth-order valence-corrected chi connectivity index (χ4v) is 1.90. The molecule has 0 aromatic heterocycles. The minimum absolute atomic E-state index is 0.0410. The Hall–Kier alpha value is -1.55. The zero-order chi connectivity index (χ0) is 11.0. The van der Waals surface area contributed by atoms with Gasteiger partial charge in [-0.1, -0.05) is 0 Å². The van der Waals surface area contributed by atoms with Crippen molar-refractivity contribution in [2.24, 2.45) is 5.73 Å². The van der Waals surface area contributed by atoms with E-state index in [1.54, 1.807) is 12.0 Å². The van der Waals surface area contributed by atoms with Crippen molar-refractivity contribution in [2.75, 3.05) is 18.6 Å². The van der Waals surface area contributed by atoms with Crippen LogP contribution in [0.1, 0.15) is 18.5 Å². The summed E-state index contributed by atoms with van der Waals surface area (Å²) in [5, 5.41) is 0. The Morgan fingerprint density at radius 2 is 2.27 bits per heavy atom. The SMILES string of the molecule is CCN1C(=O)C(N)c2cc(OC)ccc21. The molecule has 0 radical (unpaired) electrons. The first kappa shape index (κ1) is 9.98. The lowest BCUT2D eigenvalue weighted by Gasteiger charge is -2.14. The van der Waals surface area contributed by atoms with Crippen molar-refractivity contribution >= 4 is 11.6 Å². The number of hydrogen-bond acceptors (Lipinski definition) is 3. The predicted molar refractivity (Wildman–Crippen MR) is 57.9 cm³/mol. The summed E-state index contributed by atoms with van der Waals surface area (Å²) in [5.74, 6) is 0.690. The molecule has 80 valence electrons. The first-order valence-electron chi connectivity index (χ1n) is 4.94. The summed E-state index contributed by atoms with van der Waals surface area (Å²) in [7, 11) is 1.60. The molecule has 1 atom stereocenters. The number of amides is 1. The number of ether oxygens (including phenoxy) is 1. The van der Waals surface area contributed by atoms with E-state index in [9.17, 15) is 4.79 Å². The van der Waals surface area contributed by atoms with Gasteiger partial charge in [-0.25, -0.2) is 0 Å². The van der Waals surface area contributed by atoms with Gasteiger partial charge in [-0.2, -0.15) is 0 Å². The predicted octanol–water partition coefficient (Wildman–Crippen LogP) is 1.06. The molecule has 4 nitrogen and oxygen atoms in total. The van der Waals surface area contributed by atoms with Crippen LogP contribution in [0.4, 0.5) is 5.69 Å². The molecule has 1 aromatic carbocycles. The third-order valence-corrected chi connectivity index (χ3v) is 2.71. The molecule has 0 saturated heterocycles. The van der Waals surface area contributed by atoms with Crippen LogP contribution in [0, 0.1) is 0 Å². The van der Waals surface area contributed by atoms with E-state index in [4.69, 9.17) is 10.5 Å². The van der Waals surface area contributed by atoms with Gasteiger partial charge in [0.05, 0.1) is 7.11 Å². The number of methoxy groups -OCH3 is 1. The van der Waals surface area contributed by atoms with Gasteiger partial charge in [-0.3, -0.25) is 4.79 Å². The lowest BCUT2D eigenvalue weighted by Crippen LogP contribution is -2.31. The summed E-state index contributed by atoms with van der Waals surface area (Å²) < 4.78 is 5.11. The van der Waals surface area contributed by atoms with Gasteiger partial charge in [-0.05, 0) is 25.1 Å². The summed E-state index contributed by atoms with van der Waals surface area (Å²) in [4.78, 5) is 13.4. The number of rotatable bonds is 2. The molecule has 0 fully saturated rings. The van der Waals surface area contributed by atoms with Crippen LogP contribution in [0.2, 0.25) is 0 Å². The van der Waals surface area contributed by atoms with E-state index in [0.717, 1.165) is 17.0 Å². The van der Waals surface area contributed by atoms with Crippen molar-refractivity contribution in [2.45, 2.75) is 13.0 Å². The molecule has 1 aromatic rings. The van der Waals surface area contributed by atoms with Crippen molar-refractivity contribution in [1.82, 2.24) is 0 Å². The van der Waals surface area contributed by atoms with E-state index < -0.39 is 6.04 Å². The number of carbonyl (C=O) groups is 1. The van der Waals surface area contributed by atoms with Crippen molar-refractivity contribution in [3.05, 3.63) is 23.8 Å². The van der Waals surface area contributed by atoms with Crippen LogP contribution < -0.4 is 15.4 Å². The maximum absolute atomic E-state index is 11.8. The molecule has 1 amide bonds. The topological polar surface area (TPSA) is 55.6 Å². The van der Waals surface area contributed by atoms with Gasteiger partial charge in [0.25, 0.3) is 0 Å². The Labute approximate surface area is 88.6 Å². The van der Waals surface area contributed by atoms with Crippen molar-refractivity contribution in [3.8, 4) is 5.75 Å². The van der Waals surface area contributed by atoms with Crippen molar-refractivity contribution in [1.29, 1.82) is 0 Å². The summed E-state index contributed by atoms with van der Waals surface area (Å²) in [5.41, 5.74) is 7.58. The first-order chi connectivity index (χ1) is 7.19. The molecule has 15 heavy (non-hydrogen) atoms. The second-order valence-electron chi connectivity index (χ2n) is 3.48. The van der Waals surface area contributed by atoms with Crippen LogP contribution in [-0.2, 0) is 4.79 Å². The van der Waals surface area contributed by atoms with E-state index in [-0.39, 0.29) is 5.91 Å². The number of likely N-dealkylation sites (N-methyl/N-ethyl adjacent to an activating group) is 1. The average molecular weight is 206 g/mol. The third-order valence-electron chi connectivity index (χ3n) is 2.71. The molecular formula is C11H14N2O2. The van der Waals surface area contributed by atoms with Crippen LogP contribution in [-0.4, -0.2) is 19.6 Å². The summed E-state index contributed by atoms with van der Waals surface area (Å²) in [6, 6.07) is 5.00. The van der Waals surface area contributed by atoms with E-state index >= 15 is 0 Å². The molecule has 1 aliphatic heterocycles. The molecule has 0 bridgehead atoms. The fourth-order valence-electron chi connectivity index (χ4n) is 1.90. The van der Waals surface area contributed by atoms with Gasteiger partial charge in [0, 0.05) is 17.8 Å². The van der Waals surface area contributed by atoms with Crippen LogP contribution >= 0.6 is 0 Å². The molecule has 0 spiro atoms. The number of benzene rings is 1. The Morgan fingerprint density at radius 3 is 2.87 bits per heavy atom. The number of carbonyl (C=O) groups excluding carboxylic acids is 1. The van der Waals surface area contributed by atoms with Crippen molar-refractivity contribution < 1.29 is 9.53 Å². The Morgan fingerprint density at radius 1 is 1.53 bits per heavy atom. The van der Waals surface area contributed by atoms with E-state index in [2.05, 4.69) is 0 Å². The molecule has 1 heterocycles. The maximum Gasteiger partial charge on any atom is 0.248 e. The zero-order valence-corrected chi connectivity index (χ0v) is 8.86. The molecular weight excluding hydrogens is 192 g/mol. The van der Waals surface area contributed by atoms with Crippen molar-refractivity contribution in [3.63, 3.8) is 0 Å². The normalized spacial score (nSPS) is 19.3. The molecule has 1 aliphatic rings. The van der Waals surface area contributed by atoms with Crippen LogP contribution in [0.3, 0.4) is 0 Å². The number of nitrogens with two attached hydrogens (primary N) is 1. The lowest BCUT2D eigenvalue weighted by molar-refractivity contribution is -0.119. The van der Waals surface area contributed by atoms with E-state index in [1.807, 2.05) is 25.1 Å². The van der Waals surface area contributed by atoms with Crippen LogP contribution in [0.15, 0.2) is 18.2 Å². The number of nitrogens with zero attached hydrogens (tertiary/aromatic N) is 1. The standard InChI is InChI=1S/C11H14N2O2/c1-3-13-9-5-4-7(15-2)6-8(9)10(12)11(13)14/h4-6,10H,3,12H2,1-2H3. The molecule has 0 saturated carbocycles. The minimum Gasteiger partial charge on any atom is -0.497 e. The van der Waals surface area contributed by atoms with Gasteiger partial charge in [0.1, 0.15) is 11.8 Å². The second kappa shape index (κ2) is 3.55. The number of fused-ring (bicyclic) bond motifs is 1. The molecule has 1 unspecified atom stereocenters. The van der Waals surface area contributed by atoms with E-state index in [0.29, 0.717) is 6.54 Å². The van der Waals surface area contributed by atoms with Gasteiger partial charge < -0.3 is 15.4 Å². The summed E-state index contributed by atoms with van der Waals surface area (Å²) in [6.07, 6.45) is 0. The Balaban J connectivity index is 2.50. The highest BCUT2D eigenvalue weighted by Gasteiger charge is 2.33. The highest BCUT2D eigenvalue weighted by atomic mass is 16.5. The first-order valence-corrected chi connectivity index (χ1v) is 4.94. The molecule has 2 rings (SSSR count). The molecule has 2 N–H and O–H groups in total. The average Bonchev–Trinajstić information content (AvgIpc) is 2.51. The quantitative estimate of drug-likeness (QED) is 0.787. The second-order valence-corrected chi connectivity index (χ2v) is 3.48. The number of anilines is 1. The van der Waals surface area contributed by atoms with E-state index in [1.165, 1.54) is 0 Å². The van der Waals surface area contributed by atoms with Gasteiger partial charge in [0.2, 0.25) is 5.91 Å². The summed E-state index contributed by atoms with van der Waals surface area (Å²) in [6.45, 7) is 2.58. The van der Waals surface area contributed by atoms with Crippen LogP contribution in [0.25, 0.3) is 0 Å². The van der Waals surface area contributed by atoms with Gasteiger partial charge in [-0.15, -0.1) is 0 Å². The van der Waals surface area contributed by atoms with Gasteiger partial charge >= 0.3 is 0 Å². The smallest absolute Gasteiger partial charge is 0.248 e. The minimum atomic E-state index is -0.546. The maximum atomic E-state index is 11.8. The third kappa shape index (κ3) is 1.37. The van der Waals surface area contributed by atoms with Crippen LogP contribution in [0.5, 0.6) is 5.75 Å². The molecule has 0 aliphatic carbocycles. The number of hydrogen-bond donors (Lipinski definition) is 1.